The monoisotopic (exact) mass is 244 g/mol. The second-order valence-electron chi connectivity index (χ2n) is 5.05. The summed E-state index contributed by atoms with van der Waals surface area (Å²) in [5.41, 5.74) is 2.05. The second-order valence-corrected chi connectivity index (χ2v) is 5.05. The standard InChI is InChI=1S/C16H20O2/c1-11(2)16-13(17)8-6-4-5-7-9-14-12(3)10-15(16)18-14/h10,13,16-17H,1,4-5,7,9H2,2-3H3/t13-,16-/m0/s1. The molecule has 2 nitrogen and oxygen atoms in total. The molecular formula is C16H20O2. The first-order valence-electron chi connectivity index (χ1n) is 6.50. The van der Waals surface area contributed by atoms with Gasteiger partial charge in [0, 0.05) is 12.8 Å². The van der Waals surface area contributed by atoms with E-state index in [1.807, 2.05) is 13.0 Å². The zero-order valence-corrected chi connectivity index (χ0v) is 11.1. The van der Waals surface area contributed by atoms with Crippen LogP contribution in [0.1, 0.15) is 49.2 Å². The van der Waals surface area contributed by atoms with Crippen LogP contribution in [0.15, 0.2) is 22.6 Å². The van der Waals surface area contributed by atoms with Crippen molar-refractivity contribution in [3.05, 3.63) is 35.3 Å². The largest absolute Gasteiger partial charge is 0.465 e. The average molecular weight is 244 g/mol. The minimum Gasteiger partial charge on any atom is -0.465 e. The lowest BCUT2D eigenvalue weighted by Crippen LogP contribution is -2.17. The molecule has 0 amide bonds. The van der Waals surface area contributed by atoms with Gasteiger partial charge in [0.15, 0.2) is 0 Å². The van der Waals surface area contributed by atoms with Crippen LogP contribution in [-0.4, -0.2) is 11.2 Å². The van der Waals surface area contributed by atoms with Gasteiger partial charge in [0.2, 0.25) is 0 Å². The van der Waals surface area contributed by atoms with Gasteiger partial charge in [-0.3, -0.25) is 0 Å². The van der Waals surface area contributed by atoms with Gasteiger partial charge in [-0.05, 0) is 38.3 Å². The Balaban J connectivity index is 2.43. The zero-order valence-electron chi connectivity index (χ0n) is 11.1. The average Bonchev–Trinajstić information content (AvgIpc) is 2.61. The van der Waals surface area contributed by atoms with E-state index in [2.05, 4.69) is 25.3 Å². The minimum atomic E-state index is -0.723. The summed E-state index contributed by atoms with van der Waals surface area (Å²) in [6.07, 6.45) is 3.19. The first kappa shape index (κ1) is 13.0. The summed E-state index contributed by atoms with van der Waals surface area (Å²) in [5, 5.41) is 10.2. The molecule has 1 aliphatic rings. The summed E-state index contributed by atoms with van der Waals surface area (Å²) in [7, 11) is 0. The molecule has 0 spiro atoms. The summed E-state index contributed by atoms with van der Waals surface area (Å²) < 4.78 is 5.90. The Labute approximate surface area is 109 Å². The van der Waals surface area contributed by atoms with Gasteiger partial charge in [-0.15, -0.1) is 5.92 Å². The molecule has 0 fully saturated rings. The topological polar surface area (TPSA) is 33.4 Å². The molecule has 0 saturated carbocycles. The number of aliphatic hydroxyl groups is 1. The lowest BCUT2D eigenvalue weighted by molar-refractivity contribution is 0.200. The maximum Gasteiger partial charge on any atom is 0.128 e. The number of hydrogen-bond acceptors (Lipinski definition) is 2. The van der Waals surface area contributed by atoms with Crippen molar-refractivity contribution in [2.75, 3.05) is 0 Å². The van der Waals surface area contributed by atoms with Crippen LogP contribution in [0.2, 0.25) is 0 Å². The number of aliphatic hydroxyl groups excluding tert-OH is 1. The van der Waals surface area contributed by atoms with E-state index in [4.69, 9.17) is 4.42 Å². The van der Waals surface area contributed by atoms with Crippen molar-refractivity contribution in [1.82, 2.24) is 0 Å². The lowest BCUT2D eigenvalue weighted by Gasteiger charge is -2.16. The van der Waals surface area contributed by atoms with Crippen molar-refractivity contribution < 1.29 is 9.52 Å². The van der Waals surface area contributed by atoms with Crippen molar-refractivity contribution in [3.63, 3.8) is 0 Å². The van der Waals surface area contributed by atoms with E-state index < -0.39 is 6.10 Å². The van der Waals surface area contributed by atoms with Crippen LogP contribution in [0, 0.1) is 18.8 Å². The van der Waals surface area contributed by atoms with Gasteiger partial charge < -0.3 is 9.52 Å². The molecule has 2 atom stereocenters. The molecule has 0 saturated heterocycles. The van der Waals surface area contributed by atoms with Gasteiger partial charge in [-0.1, -0.05) is 18.1 Å². The van der Waals surface area contributed by atoms with Crippen molar-refractivity contribution in [2.45, 2.75) is 51.6 Å². The number of aryl methyl sites for hydroxylation is 2. The van der Waals surface area contributed by atoms with Crippen molar-refractivity contribution in [2.24, 2.45) is 0 Å². The van der Waals surface area contributed by atoms with Crippen molar-refractivity contribution >= 4 is 0 Å². The number of fused-ring (bicyclic) bond motifs is 2. The van der Waals surface area contributed by atoms with E-state index in [0.29, 0.717) is 0 Å². The molecule has 0 aromatic carbocycles. The third kappa shape index (κ3) is 2.68. The molecule has 1 aromatic rings. The fraction of sp³-hybridized carbons (Fsp3) is 0.500. The molecule has 2 rings (SSSR count). The van der Waals surface area contributed by atoms with Crippen molar-refractivity contribution in [3.8, 4) is 11.8 Å². The van der Waals surface area contributed by atoms with E-state index in [0.717, 1.165) is 48.3 Å². The van der Waals surface area contributed by atoms with E-state index in [-0.39, 0.29) is 5.92 Å². The molecule has 2 heteroatoms. The molecule has 1 N–H and O–H groups in total. The normalized spacial score (nSPS) is 23.7. The Morgan fingerprint density at radius 1 is 1.50 bits per heavy atom. The van der Waals surface area contributed by atoms with E-state index in [9.17, 15) is 5.11 Å². The summed E-state index contributed by atoms with van der Waals surface area (Å²) in [6.45, 7) is 7.92. The van der Waals surface area contributed by atoms with Gasteiger partial charge in [-0.2, -0.15) is 0 Å². The maximum atomic E-state index is 10.2. The van der Waals surface area contributed by atoms with Gasteiger partial charge in [0.1, 0.15) is 17.6 Å². The van der Waals surface area contributed by atoms with Crippen LogP contribution >= 0.6 is 0 Å². The van der Waals surface area contributed by atoms with E-state index in [1.165, 1.54) is 0 Å². The predicted octanol–water partition coefficient (Wildman–Crippen LogP) is 3.34. The molecule has 2 bridgehead atoms. The number of hydrogen-bond donors (Lipinski definition) is 1. The zero-order chi connectivity index (χ0) is 13.1. The number of furan rings is 1. The molecule has 1 aliphatic heterocycles. The SMILES string of the molecule is C=C(C)[C@@H]1c2cc(C)c(o2)CCCCC#C[C@@H]1O. The predicted molar refractivity (Wildman–Crippen MR) is 72.3 cm³/mol. The third-order valence-corrected chi connectivity index (χ3v) is 3.40. The van der Waals surface area contributed by atoms with Crippen LogP contribution in [0.25, 0.3) is 0 Å². The van der Waals surface area contributed by atoms with E-state index in [1.54, 1.807) is 0 Å². The molecule has 0 unspecified atom stereocenters. The Bertz CT molecular complexity index is 499. The highest BCUT2D eigenvalue weighted by molar-refractivity contribution is 5.31. The molecule has 18 heavy (non-hydrogen) atoms. The maximum absolute atomic E-state index is 10.2. The highest BCUT2D eigenvalue weighted by atomic mass is 16.3. The van der Waals surface area contributed by atoms with Gasteiger partial charge >= 0.3 is 0 Å². The summed E-state index contributed by atoms with van der Waals surface area (Å²) >= 11 is 0. The molecule has 0 aliphatic carbocycles. The first-order valence-corrected chi connectivity index (χ1v) is 6.50. The molecule has 96 valence electrons. The Morgan fingerprint density at radius 2 is 2.28 bits per heavy atom. The smallest absolute Gasteiger partial charge is 0.128 e. The first-order chi connectivity index (χ1) is 8.59. The molecule has 2 heterocycles. The summed E-state index contributed by atoms with van der Waals surface area (Å²) in [5.74, 6) is 7.57. The highest BCUT2D eigenvalue weighted by Crippen LogP contribution is 2.31. The van der Waals surface area contributed by atoms with Crippen LogP contribution in [0.5, 0.6) is 0 Å². The van der Waals surface area contributed by atoms with Crippen LogP contribution in [0.4, 0.5) is 0 Å². The number of rotatable bonds is 1. The quantitative estimate of drug-likeness (QED) is 0.607. The Hall–Kier alpha value is -1.46. The lowest BCUT2D eigenvalue weighted by atomic mass is 9.92. The van der Waals surface area contributed by atoms with Crippen LogP contribution in [0.3, 0.4) is 0 Å². The summed E-state index contributed by atoms with van der Waals surface area (Å²) in [6, 6.07) is 2.02. The highest BCUT2D eigenvalue weighted by Gasteiger charge is 2.25. The van der Waals surface area contributed by atoms with E-state index >= 15 is 0 Å². The van der Waals surface area contributed by atoms with Gasteiger partial charge in [0.05, 0.1) is 5.92 Å². The van der Waals surface area contributed by atoms with Gasteiger partial charge in [-0.25, -0.2) is 0 Å². The Morgan fingerprint density at radius 3 is 3.00 bits per heavy atom. The van der Waals surface area contributed by atoms with Crippen molar-refractivity contribution in [1.29, 1.82) is 0 Å². The Kier molecular flexibility index (Phi) is 3.93. The van der Waals surface area contributed by atoms with Gasteiger partial charge in [0.25, 0.3) is 0 Å². The fourth-order valence-corrected chi connectivity index (χ4v) is 2.37. The third-order valence-electron chi connectivity index (χ3n) is 3.40. The summed E-state index contributed by atoms with van der Waals surface area (Å²) in [4.78, 5) is 0. The molecular weight excluding hydrogens is 224 g/mol. The second kappa shape index (κ2) is 5.46. The molecule has 1 aromatic heterocycles. The van der Waals surface area contributed by atoms with Crippen LogP contribution in [-0.2, 0) is 6.42 Å². The molecule has 0 radical (unpaired) electrons. The van der Waals surface area contributed by atoms with Crippen LogP contribution < -0.4 is 0 Å². The fourth-order valence-electron chi connectivity index (χ4n) is 2.37. The minimum absolute atomic E-state index is 0.219.